The number of fused-ring (bicyclic) bond motifs is 1. The molecule has 5 nitrogen and oxygen atoms in total. The van der Waals surface area contributed by atoms with E-state index in [-0.39, 0.29) is 11.8 Å². The minimum atomic E-state index is 0.0572. The first-order valence-corrected chi connectivity index (χ1v) is 9.21. The molecule has 0 fully saturated rings. The van der Waals surface area contributed by atoms with E-state index in [1.54, 1.807) is 23.5 Å². The van der Waals surface area contributed by atoms with E-state index in [1.165, 1.54) is 0 Å². The summed E-state index contributed by atoms with van der Waals surface area (Å²) in [5, 5.41) is 12.9. The van der Waals surface area contributed by atoms with Crippen molar-refractivity contribution in [1.29, 1.82) is 0 Å². The molecule has 1 unspecified atom stereocenters. The number of rotatable bonds is 4. The molecule has 0 aliphatic carbocycles. The van der Waals surface area contributed by atoms with E-state index in [2.05, 4.69) is 33.3 Å². The molecule has 0 amide bonds. The normalized spacial score (nSPS) is 12.2. The van der Waals surface area contributed by atoms with E-state index in [0.717, 1.165) is 32.9 Å². The summed E-state index contributed by atoms with van der Waals surface area (Å²) < 4.78 is 1.14. The van der Waals surface area contributed by atoms with Crippen LogP contribution in [0.1, 0.15) is 24.4 Å². The van der Waals surface area contributed by atoms with E-state index >= 15 is 0 Å². The first kappa shape index (κ1) is 16.5. The van der Waals surface area contributed by atoms with Gasteiger partial charge in [-0.25, -0.2) is 15.0 Å². The molecule has 2 heterocycles. The zero-order valence-electron chi connectivity index (χ0n) is 14.5. The van der Waals surface area contributed by atoms with Gasteiger partial charge >= 0.3 is 0 Å². The van der Waals surface area contributed by atoms with E-state index in [9.17, 15) is 5.11 Å². The second-order valence-corrected chi connectivity index (χ2v) is 7.06. The smallest absolute Gasteiger partial charge is 0.130 e. The van der Waals surface area contributed by atoms with E-state index < -0.39 is 0 Å². The Hall–Kier alpha value is -2.99. The summed E-state index contributed by atoms with van der Waals surface area (Å²) >= 11 is 1.62. The Morgan fingerprint density at radius 2 is 1.85 bits per heavy atom. The lowest BCUT2D eigenvalue weighted by Gasteiger charge is -2.16. The van der Waals surface area contributed by atoms with Crippen LogP contribution in [0.2, 0.25) is 0 Å². The molecule has 0 radical (unpaired) electrons. The van der Waals surface area contributed by atoms with Crippen LogP contribution in [-0.2, 0) is 0 Å². The number of anilines is 1. The van der Waals surface area contributed by atoms with Crippen LogP contribution in [0.15, 0.2) is 54.0 Å². The van der Waals surface area contributed by atoms with Crippen molar-refractivity contribution in [2.75, 3.05) is 5.32 Å². The van der Waals surface area contributed by atoms with Gasteiger partial charge in [0, 0.05) is 17.7 Å². The Bertz CT molecular complexity index is 1060. The molecule has 6 heteroatoms. The summed E-state index contributed by atoms with van der Waals surface area (Å²) in [4.78, 5) is 13.4. The molecule has 2 aromatic carbocycles. The molecule has 0 saturated heterocycles. The van der Waals surface area contributed by atoms with Gasteiger partial charge in [0.05, 0.1) is 21.4 Å². The molecular formula is C20H18N4OS. The highest BCUT2D eigenvalue weighted by Crippen LogP contribution is 2.27. The Balaban J connectivity index is 1.64. The second-order valence-electron chi connectivity index (χ2n) is 6.18. The average Bonchev–Trinajstić information content (AvgIpc) is 3.09. The summed E-state index contributed by atoms with van der Waals surface area (Å²) in [6, 6.07) is 15.4. The Morgan fingerprint density at radius 3 is 2.65 bits per heavy atom. The second kappa shape index (κ2) is 6.72. The number of thiazole rings is 1. The molecular weight excluding hydrogens is 344 g/mol. The Morgan fingerprint density at radius 1 is 1.04 bits per heavy atom. The highest BCUT2D eigenvalue weighted by atomic mass is 32.1. The minimum Gasteiger partial charge on any atom is -0.508 e. The van der Waals surface area contributed by atoms with Crippen molar-refractivity contribution in [1.82, 2.24) is 15.0 Å². The number of nitrogens with zero attached hydrogens (tertiary/aromatic N) is 3. The van der Waals surface area contributed by atoms with Crippen LogP contribution >= 0.6 is 11.3 Å². The number of hydrogen-bond donors (Lipinski definition) is 2. The highest BCUT2D eigenvalue weighted by Gasteiger charge is 2.10. The lowest BCUT2D eigenvalue weighted by Crippen LogP contribution is -2.09. The number of aryl methyl sites for hydroxylation is 1. The van der Waals surface area contributed by atoms with Crippen molar-refractivity contribution in [3.63, 3.8) is 0 Å². The van der Waals surface area contributed by atoms with Gasteiger partial charge in [-0.05, 0) is 43.7 Å². The van der Waals surface area contributed by atoms with Gasteiger partial charge in [-0.1, -0.05) is 18.2 Å². The minimum absolute atomic E-state index is 0.0572. The number of phenolic OH excluding ortho intramolecular Hbond substituents is 1. The number of aromatic nitrogens is 3. The fraction of sp³-hybridized carbons (Fsp3) is 0.150. The average molecular weight is 362 g/mol. The molecule has 1 atom stereocenters. The quantitative estimate of drug-likeness (QED) is 0.538. The topological polar surface area (TPSA) is 70.9 Å². The van der Waals surface area contributed by atoms with Crippen LogP contribution in [0.5, 0.6) is 5.75 Å². The van der Waals surface area contributed by atoms with Crippen LogP contribution < -0.4 is 5.32 Å². The Labute approximate surface area is 155 Å². The summed E-state index contributed by atoms with van der Waals surface area (Å²) in [7, 11) is 0. The number of phenols is 1. The van der Waals surface area contributed by atoms with Gasteiger partial charge in [0.25, 0.3) is 0 Å². The van der Waals surface area contributed by atoms with Crippen LogP contribution in [-0.4, -0.2) is 20.1 Å². The van der Waals surface area contributed by atoms with Crippen LogP contribution in [0.4, 0.5) is 5.82 Å². The molecule has 4 aromatic rings. The van der Waals surface area contributed by atoms with Gasteiger partial charge in [0.15, 0.2) is 0 Å². The molecule has 2 aromatic heterocycles. The van der Waals surface area contributed by atoms with Crippen molar-refractivity contribution in [2.45, 2.75) is 19.9 Å². The largest absolute Gasteiger partial charge is 0.508 e. The van der Waals surface area contributed by atoms with Gasteiger partial charge in [-0.3, -0.25) is 0 Å². The predicted octanol–water partition coefficient (Wildman–Crippen LogP) is 4.94. The molecule has 0 spiro atoms. The third-order valence-electron chi connectivity index (χ3n) is 4.22. The van der Waals surface area contributed by atoms with Gasteiger partial charge in [0.2, 0.25) is 0 Å². The molecule has 130 valence electrons. The summed E-state index contributed by atoms with van der Waals surface area (Å²) in [6.07, 6.45) is 0. The third kappa shape index (κ3) is 3.36. The maximum absolute atomic E-state index is 9.44. The van der Waals surface area contributed by atoms with E-state index in [4.69, 9.17) is 0 Å². The molecule has 0 saturated carbocycles. The molecule has 2 N–H and O–H groups in total. The maximum Gasteiger partial charge on any atom is 0.130 e. The lowest BCUT2D eigenvalue weighted by molar-refractivity contribution is 0.475. The van der Waals surface area contributed by atoms with E-state index in [0.29, 0.717) is 5.82 Å². The SMILES string of the molecule is Cc1nc(NC(C)c2ccc(O)cc2)cc(-c2ccc3ncsc3c2)n1. The van der Waals surface area contributed by atoms with Gasteiger partial charge in [0.1, 0.15) is 17.4 Å². The van der Waals surface area contributed by atoms with Crippen molar-refractivity contribution >= 4 is 27.4 Å². The van der Waals surface area contributed by atoms with Gasteiger partial charge in [-0.2, -0.15) is 0 Å². The summed E-state index contributed by atoms with van der Waals surface area (Å²) in [5.74, 6) is 1.75. The van der Waals surface area contributed by atoms with Gasteiger partial charge < -0.3 is 10.4 Å². The summed E-state index contributed by atoms with van der Waals surface area (Å²) in [6.45, 7) is 3.96. The van der Waals surface area contributed by atoms with Crippen molar-refractivity contribution in [3.8, 4) is 17.0 Å². The molecule has 0 aliphatic rings. The highest BCUT2D eigenvalue weighted by molar-refractivity contribution is 7.16. The molecule has 4 rings (SSSR count). The van der Waals surface area contributed by atoms with Gasteiger partial charge in [-0.15, -0.1) is 11.3 Å². The fourth-order valence-electron chi connectivity index (χ4n) is 2.87. The van der Waals surface area contributed by atoms with Crippen LogP contribution in [0.25, 0.3) is 21.5 Å². The molecule has 0 bridgehead atoms. The standard InChI is InChI=1S/C20H18N4OS/c1-12(14-3-6-16(25)7-4-14)22-20-10-18(23-13(2)24-20)15-5-8-17-19(9-15)26-11-21-17/h3-12,25H,1-2H3,(H,22,23,24). The number of hydrogen-bond acceptors (Lipinski definition) is 6. The zero-order valence-corrected chi connectivity index (χ0v) is 15.3. The van der Waals surface area contributed by atoms with Crippen LogP contribution in [0, 0.1) is 6.92 Å². The zero-order chi connectivity index (χ0) is 18.1. The third-order valence-corrected chi connectivity index (χ3v) is 5.01. The number of nitrogens with one attached hydrogen (secondary N) is 1. The molecule has 26 heavy (non-hydrogen) atoms. The fourth-order valence-corrected chi connectivity index (χ4v) is 3.59. The van der Waals surface area contributed by atoms with E-state index in [1.807, 2.05) is 42.8 Å². The van der Waals surface area contributed by atoms with Crippen molar-refractivity contribution in [3.05, 3.63) is 65.4 Å². The monoisotopic (exact) mass is 362 g/mol. The lowest BCUT2D eigenvalue weighted by atomic mass is 10.1. The van der Waals surface area contributed by atoms with Crippen LogP contribution in [0.3, 0.4) is 0 Å². The van der Waals surface area contributed by atoms with Crippen molar-refractivity contribution < 1.29 is 5.11 Å². The number of aromatic hydroxyl groups is 1. The van der Waals surface area contributed by atoms with Crippen molar-refractivity contribution in [2.24, 2.45) is 0 Å². The first-order chi connectivity index (χ1) is 12.6. The molecule has 0 aliphatic heterocycles. The first-order valence-electron chi connectivity index (χ1n) is 8.33. The summed E-state index contributed by atoms with van der Waals surface area (Å²) in [5.41, 5.74) is 5.86. The number of benzene rings is 2. The Kier molecular flexibility index (Phi) is 4.26. The maximum atomic E-state index is 9.44. The predicted molar refractivity (Wildman–Crippen MR) is 106 cm³/mol.